The lowest BCUT2D eigenvalue weighted by Gasteiger charge is -2.19. The number of benzene rings is 1. The molecule has 1 aromatic heterocycles. The van der Waals surface area contributed by atoms with Crippen molar-refractivity contribution < 1.29 is 14.3 Å². The summed E-state index contributed by atoms with van der Waals surface area (Å²) in [6.07, 6.45) is 8.00. The van der Waals surface area contributed by atoms with Crippen LogP contribution in [0.4, 0.5) is 0 Å². The summed E-state index contributed by atoms with van der Waals surface area (Å²) in [6.45, 7) is 4.21. The van der Waals surface area contributed by atoms with Gasteiger partial charge in [0, 0.05) is 37.6 Å². The molecule has 33 heavy (non-hydrogen) atoms. The number of nitrogens with one attached hydrogen (secondary N) is 3. The first-order valence-electron chi connectivity index (χ1n) is 11.2. The molecule has 180 valence electrons. The molecule has 3 N–H and O–H groups in total. The standard InChI is InChI=1S/C24H33N5O3.HI/c1-3-26-24(28-15-14-27-23(30)19-9-7-13-25-16-19)29-17-18-8-6-12-21(31-2)22(18)32-20-10-4-5-11-20;/h6-9,12-13,16,20H,3-5,10-11,14-15,17H2,1-2H3,(H,27,30)(H2,26,28,29);1H. The largest absolute Gasteiger partial charge is 0.493 e. The summed E-state index contributed by atoms with van der Waals surface area (Å²) in [5, 5.41) is 9.37. The summed E-state index contributed by atoms with van der Waals surface area (Å²) >= 11 is 0. The van der Waals surface area contributed by atoms with Crippen molar-refractivity contribution in [2.45, 2.75) is 45.3 Å². The van der Waals surface area contributed by atoms with E-state index in [0.717, 1.165) is 36.4 Å². The van der Waals surface area contributed by atoms with Crippen molar-refractivity contribution in [2.75, 3.05) is 26.7 Å². The number of carbonyl (C=O) groups excluding carboxylic acids is 1. The SMILES string of the molecule is CCNC(=NCc1cccc(OC)c1OC1CCCC1)NCCNC(=O)c1cccnc1.I. The minimum atomic E-state index is -0.146. The van der Waals surface area contributed by atoms with E-state index in [9.17, 15) is 4.79 Å². The number of amides is 1. The maximum absolute atomic E-state index is 12.1. The zero-order valence-electron chi connectivity index (χ0n) is 19.3. The van der Waals surface area contributed by atoms with Gasteiger partial charge >= 0.3 is 0 Å². The van der Waals surface area contributed by atoms with Crippen molar-refractivity contribution in [1.29, 1.82) is 0 Å². The summed E-state index contributed by atoms with van der Waals surface area (Å²) < 4.78 is 11.8. The van der Waals surface area contributed by atoms with Gasteiger partial charge in [0.1, 0.15) is 0 Å². The molecule has 1 aliphatic carbocycles. The monoisotopic (exact) mass is 567 g/mol. The normalized spacial score (nSPS) is 13.7. The van der Waals surface area contributed by atoms with Gasteiger partial charge in [-0.15, -0.1) is 24.0 Å². The number of aliphatic imine (C=N–C) groups is 1. The van der Waals surface area contributed by atoms with E-state index in [-0.39, 0.29) is 36.0 Å². The average molecular weight is 567 g/mol. The first kappa shape index (κ1) is 26.7. The number of ether oxygens (including phenoxy) is 2. The number of rotatable bonds is 10. The van der Waals surface area contributed by atoms with Crippen LogP contribution in [-0.4, -0.2) is 49.7 Å². The Labute approximate surface area is 213 Å². The maximum Gasteiger partial charge on any atom is 0.252 e. The Bertz CT molecular complexity index is 889. The van der Waals surface area contributed by atoms with E-state index in [1.807, 2.05) is 25.1 Å². The second-order valence-electron chi connectivity index (χ2n) is 7.59. The van der Waals surface area contributed by atoms with Crippen LogP contribution in [0, 0.1) is 0 Å². The molecule has 0 spiro atoms. The maximum atomic E-state index is 12.1. The Balaban J connectivity index is 0.00000385. The third kappa shape index (κ3) is 8.38. The number of hydrogen-bond donors (Lipinski definition) is 3. The molecular weight excluding hydrogens is 533 g/mol. The van der Waals surface area contributed by atoms with Crippen molar-refractivity contribution >= 4 is 35.8 Å². The molecule has 0 saturated heterocycles. The van der Waals surface area contributed by atoms with Gasteiger partial charge in [0.15, 0.2) is 17.5 Å². The van der Waals surface area contributed by atoms with Gasteiger partial charge in [0.2, 0.25) is 0 Å². The van der Waals surface area contributed by atoms with Crippen molar-refractivity contribution in [2.24, 2.45) is 4.99 Å². The molecule has 8 nitrogen and oxygen atoms in total. The number of carbonyl (C=O) groups is 1. The highest BCUT2D eigenvalue weighted by Gasteiger charge is 2.20. The predicted octanol–water partition coefficient (Wildman–Crippen LogP) is 3.51. The van der Waals surface area contributed by atoms with Crippen LogP contribution in [0.2, 0.25) is 0 Å². The van der Waals surface area contributed by atoms with E-state index >= 15 is 0 Å². The number of methoxy groups -OCH3 is 1. The van der Waals surface area contributed by atoms with Gasteiger partial charge in [0.25, 0.3) is 5.91 Å². The Morgan fingerprint density at radius 3 is 2.61 bits per heavy atom. The van der Waals surface area contributed by atoms with Gasteiger partial charge < -0.3 is 25.4 Å². The highest BCUT2D eigenvalue weighted by molar-refractivity contribution is 14.0. The highest BCUT2D eigenvalue weighted by Crippen LogP contribution is 2.35. The molecule has 0 aliphatic heterocycles. The summed E-state index contributed by atoms with van der Waals surface area (Å²) in [7, 11) is 1.66. The fourth-order valence-electron chi connectivity index (χ4n) is 3.62. The van der Waals surface area contributed by atoms with Gasteiger partial charge in [-0.2, -0.15) is 0 Å². The summed E-state index contributed by atoms with van der Waals surface area (Å²) in [5.74, 6) is 2.05. The van der Waals surface area contributed by atoms with Crippen LogP contribution in [0.1, 0.15) is 48.5 Å². The second-order valence-corrected chi connectivity index (χ2v) is 7.59. The summed E-state index contributed by atoms with van der Waals surface area (Å²) in [4.78, 5) is 20.8. The Hall–Kier alpha value is -2.56. The van der Waals surface area contributed by atoms with Crippen molar-refractivity contribution in [3.05, 3.63) is 53.9 Å². The number of hydrogen-bond acceptors (Lipinski definition) is 5. The van der Waals surface area contributed by atoms with Gasteiger partial charge in [-0.3, -0.25) is 9.78 Å². The molecule has 1 aromatic carbocycles. The Kier molecular flexibility index (Phi) is 11.8. The third-order valence-electron chi connectivity index (χ3n) is 5.25. The van der Waals surface area contributed by atoms with Gasteiger partial charge in [-0.1, -0.05) is 12.1 Å². The van der Waals surface area contributed by atoms with E-state index in [1.165, 1.54) is 12.8 Å². The minimum Gasteiger partial charge on any atom is -0.493 e. The number of pyridine rings is 1. The average Bonchev–Trinajstić information content (AvgIpc) is 3.34. The predicted molar refractivity (Wildman–Crippen MR) is 141 cm³/mol. The highest BCUT2D eigenvalue weighted by atomic mass is 127. The lowest BCUT2D eigenvalue weighted by atomic mass is 10.1. The van der Waals surface area contributed by atoms with E-state index in [0.29, 0.717) is 31.2 Å². The molecule has 1 saturated carbocycles. The van der Waals surface area contributed by atoms with Crippen LogP contribution >= 0.6 is 24.0 Å². The lowest BCUT2D eigenvalue weighted by molar-refractivity contribution is 0.0954. The summed E-state index contributed by atoms with van der Waals surface area (Å²) in [5.41, 5.74) is 1.53. The van der Waals surface area contributed by atoms with Gasteiger partial charge in [-0.05, 0) is 50.8 Å². The molecule has 1 aliphatic rings. The van der Waals surface area contributed by atoms with Crippen LogP contribution in [0.15, 0.2) is 47.7 Å². The third-order valence-corrected chi connectivity index (χ3v) is 5.25. The van der Waals surface area contributed by atoms with Crippen LogP contribution in [0.3, 0.4) is 0 Å². The number of halogens is 1. The van der Waals surface area contributed by atoms with E-state index < -0.39 is 0 Å². The molecule has 1 fully saturated rings. The number of aromatic nitrogens is 1. The van der Waals surface area contributed by atoms with Crippen molar-refractivity contribution in [1.82, 2.24) is 20.9 Å². The molecule has 0 radical (unpaired) electrons. The molecule has 0 unspecified atom stereocenters. The molecule has 9 heteroatoms. The number of guanidine groups is 1. The molecule has 2 aromatic rings. The second kappa shape index (κ2) is 14.6. The van der Waals surface area contributed by atoms with Crippen LogP contribution < -0.4 is 25.4 Å². The fourth-order valence-corrected chi connectivity index (χ4v) is 3.62. The topological polar surface area (TPSA) is 96.9 Å². The number of para-hydroxylation sites is 1. The molecule has 1 amide bonds. The molecule has 0 bridgehead atoms. The first-order valence-corrected chi connectivity index (χ1v) is 11.2. The fraction of sp³-hybridized carbons (Fsp3) is 0.458. The Morgan fingerprint density at radius 1 is 1.12 bits per heavy atom. The van der Waals surface area contributed by atoms with Crippen LogP contribution in [0.25, 0.3) is 0 Å². The van der Waals surface area contributed by atoms with Crippen LogP contribution in [0.5, 0.6) is 11.5 Å². The minimum absolute atomic E-state index is 0. The molecule has 3 rings (SSSR count). The van der Waals surface area contributed by atoms with Crippen molar-refractivity contribution in [3.8, 4) is 11.5 Å². The Morgan fingerprint density at radius 2 is 1.91 bits per heavy atom. The zero-order chi connectivity index (χ0) is 22.6. The van der Waals surface area contributed by atoms with Gasteiger partial charge in [0.05, 0.1) is 25.3 Å². The zero-order valence-corrected chi connectivity index (χ0v) is 21.6. The molecule has 1 heterocycles. The van der Waals surface area contributed by atoms with Crippen LogP contribution in [-0.2, 0) is 6.54 Å². The smallest absolute Gasteiger partial charge is 0.252 e. The van der Waals surface area contributed by atoms with Crippen molar-refractivity contribution in [3.63, 3.8) is 0 Å². The van der Waals surface area contributed by atoms with E-state index in [1.54, 1.807) is 31.6 Å². The van der Waals surface area contributed by atoms with E-state index in [4.69, 9.17) is 14.5 Å². The first-order chi connectivity index (χ1) is 15.7. The lowest BCUT2D eigenvalue weighted by Crippen LogP contribution is -2.41. The quantitative estimate of drug-likeness (QED) is 0.176. The van der Waals surface area contributed by atoms with Gasteiger partial charge in [-0.25, -0.2) is 4.99 Å². The summed E-state index contributed by atoms with van der Waals surface area (Å²) in [6, 6.07) is 9.38. The van der Waals surface area contributed by atoms with E-state index in [2.05, 4.69) is 20.9 Å². The molecular formula is C24H34IN5O3. The number of nitrogens with zero attached hydrogens (tertiary/aromatic N) is 2. The molecule has 0 atom stereocenters.